The van der Waals surface area contributed by atoms with Crippen LogP contribution in [-0.4, -0.2) is 43.9 Å². The largest absolute Gasteiger partial charge is 0.573 e. The third kappa shape index (κ3) is 3.77. The number of benzene rings is 2. The van der Waals surface area contributed by atoms with Gasteiger partial charge in [-0.15, -0.1) is 13.2 Å². The van der Waals surface area contributed by atoms with Gasteiger partial charge in [-0.05, 0) is 49.5 Å². The molecule has 2 heterocycles. The molecule has 1 aliphatic rings. The van der Waals surface area contributed by atoms with Crippen molar-refractivity contribution in [2.75, 3.05) is 20.2 Å². The van der Waals surface area contributed by atoms with Crippen molar-refractivity contribution in [3.63, 3.8) is 0 Å². The molecular weight excluding hydrogens is 409 g/mol. The van der Waals surface area contributed by atoms with Gasteiger partial charge in [-0.2, -0.15) is 0 Å². The van der Waals surface area contributed by atoms with E-state index in [1.807, 2.05) is 7.05 Å². The van der Waals surface area contributed by atoms with E-state index in [1.165, 1.54) is 6.20 Å². The number of hydrogen-bond donors (Lipinski definition) is 0. The molecule has 10 heteroatoms. The third-order valence-electron chi connectivity index (χ3n) is 4.68. The minimum Gasteiger partial charge on any atom is -0.492 e. The fraction of sp³-hybridized carbons (Fsp3) is 0.263. The second-order valence-electron chi connectivity index (χ2n) is 6.70. The van der Waals surface area contributed by atoms with Crippen LogP contribution in [0.25, 0.3) is 10.9 Å². The summed E-state index contributed by atoms with van der Waals surface area (Å²) in [6, 6.07) is 9.23. The summed E-state index contributed by atoms with van der Waals surface area (Å²) in [6.45, 7) is 1.90. The molecule has 0 saturated heterocycles. The molecule has 0 saturated carbocycles. The molecule has 0 radical (unpaired) electrons. The van der Waals surface area contributed by atoms with Crippen molar-refractivity contribution < 1.29 is 31.1 Å². The molecule has 0 bridgehead atoms. The van der Waals surface area contributed by atoms with Crippen LogP contribution in [0, 0.1) is 0 Å². The van der Waals surface area contributed by atoms with Gasteiger partial charge in [-0.25, -0.2) is 12.4 Å². The topological polar surface area (TPSA) is 60.8 Å². The quantitative estimate of drug-likeness (QED) is 0.641. The molecule has 0 amide bonds. The highest BCUT2D eigenvalue weighted by atomic mass is 32.2. The van der Waals surface area contributed by atoms with Gasteiger partial charge in [0.2, 0.25) is 0 Å². The highest BCUT2D eigenvalue weighted by molar-refractivity contribution is 7.90. The molecule has 0 unspecified atom stereocenters. The van der Waals surface area contributed by atoms with E-state index >= 15 is 0 Å². The first-order valence-corrected chi connectivity index (χ1v) is 10.1. The molecule has 3 aromatic rings. The molecule has 6 nitrogen and oxygen atoms in total. The van der Waals surface area contributed by atoms with E-state index in [1.54, 1.807) is 18.2 Å². The Balaban J connectivity index is 1.74. The Morgan fingerprint density at radius 2 is 1.79 bits per heavy atom. The summed E-state index contributed by atoms with van der Waals surface area (Å²) in [7, 11) is -2.05. The highest BCUT2D eigenvalue weighted by Gasteiger charge is 2.31. The number of aromatic nitrogens is 1. The number of likely N-dealkylation sites (N-methyl/N-ethyl adjacent to an activating group) is 1. The third-order valence-corrected chi connectivity index (χ3v) is 6.38. The Bertz CT molecular complexity index is 1150. The Labute approximate surface area is 165 Å². The van der Waals surface area contributed by atoms with Crippen LogP contribution in [0.3, 0.4) is 0 Å². The summed E-state index contributed by atoms with van der Waals surface area (Å²) in [5, 5.41) is 0.747. The van der Waals surface area contributed by atoms with Gasteiger partial charge < -0.3 is 9.47 Å². The summed E-state index contributed by atoms with van der Waals surface area (Å²) in [5.74, 6) is 0.227. The van der Waals surface area contributed by atoms with E-state index in [0.29, 0.717) is 24.4 Å². The first-order chi connectivity index (χ1) is 13.6. The Morgan fingerprint density at radius 3 is 2.48 bits per heavy atom. The average molecular weight is 426 g/mol. The van der Waals surface area contributed by atoms with E-state index in [-0.39, 0.29) is 4.90 Å². The van der Waals surface area contributed by atoms with E-state index in [2.05, 4.69) is 9.64 Å². The second kappa shape index (κ2) is 6.96. The van der Waals surface area contributed by atoms with Gasteiger partial charge in [0.25, 0.3) is 10.0 Å². The van der Waals surface area contributed by atoms with E-state index in [0.717, 1.165) is 45.7 Å². The Morgan fingerprint density at radius 1 is 1.07 bits per heavy atom. The zero-order valence-corrected chi connectivity index (χ0v) is 16.1. The minimum atomic E-state index is -4.84. The van der Waals surface area contributed by atoms with Gasteiger partial charge in [-0.1, -0.05) is 0 Å². The van der Waals surface area contributed by atoms with Crippen molar-refractivity contribution in [3.05, 3.63) is 54.2 Å². The predicted octanol–water partition coefficient (Wildman–Crippen LogP) is 3.60. The SMILES string of the molecule is CN1CCOc2ccc3c(ccn3S(=O)(=O)c3ccc(OC(F)(F)F)cc3)c2C1. The number of hydrogen-bond acceptors (Lipinski definition) is 5. The number of ether oxygens (including phenoxy) is 2. The predicted molar refractivity (Wildman–Crippen MR) is 99.5 cm³/mol. The molecule has 4 rings (SSSR count). The lowest BCUT2D eigenvalue weighted by atomic mass is 10.1. The molecule has 0 N–H and O–H groups in total. The smallest absolute Gasteiger partial charge is 0.492 e. The van der Waals surface area contributed by atoms with Crippen LogP contribution in [0.4, 0.5) is 13.2 Å². The van der Waals surface area contributed by atoms with Gasteiger partial charge in [0.05, 0.1) is 10.4 Å². The molecule has 0 fully saturated rings. The highest BCUT2D eigenvalue weighted by Crippen LogP contribution is 2.33. The van der Waals surface area contributed by atoms with Crippen molar-refractivity contribution in [2.45, 2.75) is 17.8 Å². The first kappa shape index (κ1) is 19.6. The van der Waals surface area contributed by atoms with Gasteiger partial charge in [-0.3, -0.25) is 4.90 Å². The Kier molecular flexibility index (Phi) is 4.70. The molecule has 1 aromatic heterocycles. The fourth-order valence-corrected chi connectivity index (χ4v) is 4.67. The number of halogens is 3. The summed E-state index contributed by atoms with van der Waals surface area (Å²) in [6.07, 6.45) is -3.41. The zero-order valence-electron chi connectivity index (χ0n) is 15.3. The maximum absolute atomic E-state index is 13.1. The second-order valence-corrected chi connectivity index (χ2v) is 8.51. The summed E-state index contributed by atoms with van der Waals surface area (Å²) >= 11 is 0. The van der Waals surface area contributed by atoms with Crippen molar-refractivity contribution in [2.24, 2.45) is 0 Å². The van der Waals surface area contributed by atoms with Crippen LogP contribution in [0.1, 0.15) is 5.56 Å². The number of alkyl halides is 3. The lowest BCUT2D eigenvalue weighted by molar-refractivity contribution is -0.274. The van der Waals surface area contributed by atoms with E-state index in [9.17, 15) is 21.6 Å². The maximum atomic E-state index is 13.1. The zero-order chi connectivity index (χ0) is 20.8. The summed E-state index contributed by atoms with van der Waals surface area (Å²) < 4.78 is 73.7. The lowest BCUT2D eigenvalue weighted by Crippen LogP contribution is -2.20. The molecule has 29 heavy (non-hydrogen) atoms. The maximum Gasteiger partial charge on any atom is 0.573 e. The number of nitrogens with zero attached hydrogens (tertiary/aromatic N) is 2. The van der Waals surface area contributed by atoms with Crippen LogP contribution >= 0.6 is 0 Å². The molecule has 0 spiro atoms. The Hall–Kier alpha value is -2.72. The van der Waals surface area contributed by atoms with Crippen molar-refractivity contribution in [1.82, 2.24) is 8.87 Å². The van der Waals surface area contributed by atoms with E-state index < -0.39 is 22.1 Å². The first-order valence-electron chi connectivity index (χ1n) is 8.71. The molecule has 1 aliphatic heterocycles. The van der Waals surface area contributed by atoms with Crippen LogP contribution in [0.5, 0.6) is 11.5 Å². The molecule has 154 valence electrons. The summed E-state index contributed by atoms with van der Waals surface area (Å²) in [5.41, 5.74) is 1.36. The monoisotopic (exact) mass is 426 g/mol. The van der Waals surface area contributed by atoms with Gasteiger partial charge >= 0.3 is 6.36 Å². The van der Waals surface area contributed by atoms with Crippen LogP contribution in [-0.2, 0) is 16.6 Å². The molecular formula is C19H17F3N2O4S. The summed E-state index contributed by atoms with van der Waals surface area (Å²) in [4.78, 5) is 1.93. The van der Waals surface area contributed by atoms with Crippen molar-refractivity contribution in [3.8, 4) is 11.5 Å². The van der Waals surface area contributed by atoms with Crippen LogP contribution < -0.4 is 9.47 Å². The average Bonchev–Trinajstić information content (AvgIpc) is 2.98. The van der Waals surface area contributed by atoms with Gasteiger partial charge in [0, 0.05) is 30.2 Å². The fourth-order valence-electron chi connectivity index (χ4n) is 3.33. The van der Waals surface area contributed by atoms with Crippen molar-refractivity contribution in [1.29, 1.82) is 0 Å². The lowest BCUT2D eigenvalue weighted by Gasteiger charge is -2.13. The van der Waals surface area contributed by atoms with Gasteiger partial charge in [0.1, 0.15) is 18.1 Å². The molecule has 0 atom stereocenters. The minimum absolute atomic E-state index is 0.146. The van der Waals surface area contributed by atoms with Crippen LogP contribution in [0.15, 0.2) is 53.6 Å². The molecule has 0 aliphatic carbocycles. The number of fused-ring (bicyclic) bond motifs is 3. The van der Waals surface area contributed by atoms with E-state index in [4.69, 9.17) is 4.74 Å². The number of rotatable bonds is 3. The standard InChI is InChI=1S/C19H17F3N2O4S/c1-23-10-11-27-18-7-6-17-15(16(18)12-23)8-9-24(17)29(25,26)14-4-2-13(3-5-14)28-19(20,21)22/h2-9H,10-12H2,1H3. The van der Waals surface area contributed by atoms with Crippen molar-refractivity contribution >= 4 is 20.9 Å². The normalized spacial score (nSPS) is 15.6. The molecule has 2 aromatic carbocycles. The van der Waals surface area contributed by atoms with Gasteiger partial charge in [0.15, 0.2) is 0 Å². The van der Waals surface area contributed by atoms with Crippen LogP contribution in [0.2, 0.25) is 0 Å².